The van der Waals surface area contributed by atoms with Gasteiger partial charge in [-0.15, -0.1) is 0 Å². The van der Waals surface area contributed by atoms with Crippen molar-refractivity contribution in [3.05, 3.63) is 12.2 Å². The Labute approximate surface area is 232 Å². The van der Waals surface area contributed by atoms with Crippen LogP contribution in [-0.2, 0) is 33.4 Å². The number of carbonyl (C=O) groups is 7. The number of urea groups is 1. The number of amides is 7. The Morgan fingerprint density at radius 1 is 0.900 bits per heavy atom. The quantitative estimate of drug-likeness (QED) is 0.146. The summed E-state index contributed by atoms with van der Waals surface area (Å²) in [6.45, 7) is 9.94. The maximum atomic E-state index is 12.6. The van der Waals surface area contributed by atoms with Crippen LogP contribution < -0.4 is 21.8 Å². The number of carbonyl (C=O) groups excluding carboxylic acids is 7. The summed E-state index contributed by atoms with van der Waals surface area (Å²) < 4.78 is 9.99. The molecule has 40 heavy (non-hydrogen) atoms. The van der Waals surface area contributed by atoms with E-state index in [4.69, 9.17) is 10.5 Å². The third-order valence-corrected chi connectivity index (χ3v) is 5.18. The van der Waals surface area contributed by atoms with Crippen LogP contribution in [0.4, 0.5) is 9.59 Å². The number of primary amides is 1. The van der Waals surface area contributed by atoms with Crippen molar-refractivity contribution in [1.82, 2.24) is 30.9 Å². The SMILES string of the molecule is CCOC(=O)/C=C/C(=O)N(CC(N)=O)NC(=O)[C@H](C)NC(=O)[C@@H](C)NC(=O)N1CCN(C(=O)OC(C)(C)C)CC1. The summed E-state index contributed by atoms with van der Waals surface area (Å²) >= 11 is 0. The predicted octanol–water partition coefficient (Wildman–Crippen LogP) is -1.39. The molecule has 1 saturated heterocycles. The highest BCUT2D eigenvalue weighted by Gasteiger charge is 2.29. The van der Waals surface area contributed by atoms with Crippen molar-refractivity contribution in [2.24, 2.45) is 5.73 Å². The van der Waals surface area contributed by atoms with E-state index in [1.54, 1.807) is 27.7 Å². The van der Waals surface area contributed by atoms with Crippen LogP contribution in [-0.4, -0.2) is 114 Å². The van der Waals surface area contributed by atoms with Gasteiger partial charge in [0.15, 0.2) is 0 Å². The van der Waals surface area contributed by atoms with Crippen molar-refractivity contribution in [2.45, 2.75) is 59.2 Å². The van der Waals surface area contributed by atoms with Crippen molar-refractivity contribution in [2.75, 3.05) is 39.3 Å². The standard InChI is InChI=1S/C24H39N7O9/c1-7-39-19(34)9-8-18(33)31(14-17(25)32)28-21(36)16(3)26-20(35)15(2)27-22(37)29-10-12-30(13-11-29)23(38)40-24(4,5)6/h8-9,15-16H,7,10-14H2,1-6H3,(H2,25,32)(H,26,35)(H,27,37)(H,28,36)/b9-8+/t15-,16+/m1/s1. The fraction of sp³-hybridized carbons (Fsp3) is 0.625. The van der Waals surface area contributed by atoms with Crippen LogP contribution in [0, 0.1) is 0 Å². The normalized spacial score (nSPS) is 14.9. The fourth-order valence-electron chi connectivity index (χ4n) is 3.14. The molecule has 0 saturated carbocycles. The van der Waals surface area contributed by atoms with Gasteiger partial charge in [-0.1, -0.05) is 0 Å². The van der Waals surface area contributed by atoms with Gasteiger partial charge in [0.25, 0.3) is 11.8 Å². The molecule has 5 N–H and O–H groups in total. The minimum Gasteiger partial charge on any atom is -0.463 e. The van der Waals surface area contributed by atoms with E-state index in [9.17, 15) is 33.6 Å². The lowest BCUT2D eigenvalue weighted by atomic mass is 10.2. The lowest BCUT2D eigenvalue weighted by Gasteiger charge is -2.36. The van der Waals surface area contributed by atoms with E-state index in [2.05, 4.69) is 20.8 Å². The number of hydrogen-bond donors (Lipinski definition) is 4. The number of piperazine rings is 1. The molecule has 224 valence electrons. The lowest BCUT2D eigenvalue weighted by molar-refractivity contribution is -0.142. The van der Waals surface area contributed by atoms with Gasteiger partial charge in [0, 0.05) is 38.3 Å². The third-order valence-electron chi connectivity index (χ3n) is 5.18. The minimum atomic E-state index is -1.19. The first-order valence-corrected chi connectivity index (χ1v) is 12.6. The van der Waals surface area contributed by atoms with Crippen molar-refractivity contribution < 1.29 is 43.0 Å². The molecule has 1 rings (SSSR count). The number of rotatable bonds is 9. The molecule has 0 aliphatic carbocycles. The number of nitrogens with zero attached hydrogens (tertiary/aromatic N) is 3. The number of hydrazine groups is 1. The Kier molecular flexibility index (Phi) is 12.9. The molecule has 1 fully saturated rings. The minimum absolute atomic E-state index is 0.0833. The van der Waals surface area contributed by atoms with Gasteiger partial charge in [-0.2, -0.15) is 0 Å². The number of hydrogen-bond acceptors (Lipinski definition) is 9. The van der Waals surface area contributed by atoms with Gasteiger partial charge >= 0.3 is 18.1 Å². The molecule has 0 aromatic heterocycles. The molecule has 0 bridgehead atoms. The fourth-order valence-corrected chi connectivity index (χ4v) is 3.14. The van der Waals surface area contributed by atoms with Crippen molar-refractivity contribution in [3.63, 3.8) is 0 Å². The molecule has 1 aliphatic heterocycles. The molecule has 1 heterocycles. The Morgan fingerprint density at radius 2 is 1.45 bits per heavy atom. The smallest absolute Gasteiger partial charge is 0.410 e. The van der Waals surface area contributed by atoms with E-state index in [0.29, 0.717) is 5.01 Å². The van der Waals surface area contributed by atoms with Gasteiger partial charge in [0.1, 0.15) is 24.2 Å². The van der Waals surface area contributed by atoms with Crippen LogP contribution >= 0.6 is 0 Å². The zero-order valence-corrected chi connectivity index (χ0v) is 23.6. The Bertz CT molecular complexity index is 1000. The van der Waals surface area contributed by atoms with E-state index in [0.717, 1.165) is 12.2 Å². The average Bonchev–Trinajstić information content (AvgIpc) is 2.85. The lowest BCUT2D eigenvalue weighted by Crippen LogP contribution is -2.58. The van der Waals surface area contributed by atoms with Crippen molar-refractivity contribution >= 4 is 41.7 Å². The molecule has 0 radical (unpaired) electrons. The molecule has 7 amide bonds. The van der Waals surface area contributed by atoms with Gasteiger partial charge in [-0.25, -0.2) is 19.4 Å². The van der Waals surface area contributed by atoms with Gasteiger partial charge in [0.05, 0.1) is 6.61 Å². The van der Waals surface area contributed by atoms with Gasteiger partial charge in [0.2, 0.25) is 11.8 Å². The summed E-state index contributed by atoms with van der Waals surface area (Å²) in [6, 6.07) is -2.76. The second-order valence-electron chi connectivity index (χ2n) is 9.81. The molecule has 0 spiro atoms. The highest BCUT2D eigenvalue weighted by Crippen LogP contribution is 2.12. The number of esters is 1. The zero-order valence-electron chi connectivity index (χ0n) is 23.6. The van der Waals surface area contributed by atoms with Crippen LogP contribution in [0.1, 0.15) is 41.5 Å². The second-order valence-corrected chi connectivity index (χ2v) is 9.81. The summed E-state index contributed by atoms with van der Waals surface area (Å²) in [7, 11) is 0. The third kappa shape index (κ3) is 12.0. The molecular formula is C24H39N7O9. The van der Waals surface area contributed by atoms with Gasteiger partial charge in [-0.3, -0.25) is 24.6 Å². The molecule has 0 unspecified atom stereocenters. The molecule has 0 aromatic carbocycles. The first-order valence-electron chi connectivity index (χ1n) is 12.6. The predicted molar refractivity (Wildman–Crippen MR) is 140 cm³/mol. The van der Waals surface area contributed by atoms with Crippen LogP contribution in [0.3, 0.4) is 0 Å². The van der Waals surface area contributed by atoms with E-state index in [1.165, 1.54) is 23.6 Å². The van der Waals surface area contributed by atoms with E-state index < -0.39 is 66.0 Å². The van der Waals surface area contributed by atoms with Crippen molar-refractivity contribution in [1.29, 1.82) is 0 Å². The van der Waals surface area contributed by atoms with E-state index in [1.807, 2.05) is 0 Å². The van der Waals surface area contributed by atoms with Gasteiger partial charge < -0.3 is 35.6 Å². The number of nitrogens with two attached hydrogens (primary N) is 1. The Hall–Kier alpha value is -4.37. The zero-order chi connectivity index (χ0) is 30.6. The van der Waals surface area contributed by atoms with Crippen LogP contribution in [0.5, 0.6) is 0 Å². The molecule has 0 aromatic rings. The first kappa shape index (κ1) is 33.7. The summed E-state index contributed by atoms with van der Waals surface area (Å²) in [5, 5.41) is 5.50. The number of nitrogens with one attached hydrogen (secondary N) is 3. The monoisotopic (exact) mass is 569 g/mol. The summed E-state index contributed by atoms with van der Waals surface area (Å²) in [6.07, 6.45) is 1.13. The summed E-state index contributed by atoms with van der Waals surface area (Å²) in [4.78, 5) is 87.9. The average molecular weight is 570 g/mol. The Morgan fingerprint density at radius 3 is 1.98 bits per heavy atom. The maximum Gasteiger partial charge on any atom is 0.410 e. The van der Waals surface area contributed by atoms with Crippen molar-refractivity contribution in [3.8, 4) is 0 Å². The molecule has 1 aliphatic rings. The maximum absolute atomic E-state index is 12.6. The number of ether oxygens (including phenoxy) is 2. The first-order chi connectivity index (χ1) is 18.5. The topological polar surface area (TPSA) is 210 Å². The summed E-state index contributed by atoms with van der Waals surface area (Å²) in [5.74, 6) is -4.25. The van der Waals surface area contributed by atoms with Crippen LogP contribution in [0.25, 0.3) is 0 Å². The molecule has 2 atom stereocenters. The Balaban J connectivity index is 2.62. The highest BCUT2D eigenvalue weighted by molar-refractivity contribution is 5.98. The van der Waals surface area contributed by atoms with Crippen LogP contribution in [0.15, 0.2) is 12.2 Å². The largest absolute Gasteiger partial charge is 0.463 e. The summed E-state index contributed by atoms with van der Waals surface area (Å²) in [5.41, 5.74) is 6.64. The molecule has 16 nitrogen and oxygen atoms in total. The molecule has 16 heteroatoms. The van der Waals surface area contributed by atoms with Gasteiger partial charge in [-0.05, 0) is 41.5 Å². The van der Waals surface area contributed by atoms with E-state index in [-0.39, 0.29) is 32.8 Å². The van der Waals surface area contributed by atoms with E-state index >= 15 is 0 Å². The second kappa shape index (κ2) is 15.3. The molecular weight excluding hydrogens is 530 g/mol. The van der Waals surface area contributed by atoms with Crippen LogP contribution in [0.2, 0.25) is 0 Å². The highest BCUT2D eigenvalue weighted by atomic mass is 16.6.